The van der Waals surface area contributed by atoms with Crippen molar-refractivity contribution >= 4 is 49.4 Å². The van der Waals surface area contributed by atoms with Gasteiger partial charge in [-0.1, -0.05) is 30.3 Å². The monoisotopic (exact) mass is 290 g/mol. The second-order valence-corrected chi connectivity index (χ2v) is 5.86. The molecule has 0 aliphatic heterocycles. The van der Waals surface area contributed by atoms with Gasteiger partial charge in [0.1, 0.15) is 0 Å². The van der Waals surface area contributed by atoms with E-state index in [1.807, 2.05) is 0 Å². The van der Waals surface area contributed by atoms with Crippen molar-refractivity contribution < 1.29 is 28.8 Å². The second-order valence-electron chi connectivity index (χ2n) is 2.82. The van der Waals surface area contributed by atoms with Crippen LogP contribution in [0.1, 0.15) is 8.42 Å². The molecule has 0 unspecified atom stereocenters. The van der Waals surface area contributed by atoms with Crippen molar-refractivity contribution in [3.8, 4) is 0 Å². The van der Waals surface area contributed by atoms with Crippen LogP contribution in [-0.4, -0.2) is 49.0 Å². The summed E-state index contributed by atoms with van der Waals surface area (Å²) in [6, 6.07) is 7.54. The van der Waals surface area contributed by atoms with E-state index in [9.17, 15) is 16.8 Å². The Labute approximate surface area is 118 Å². The van der Waals surface area contributed by atoms with Gasteiger partial charge in [0.25, 0.3) is 0 Å². The fourth-order valence-corrected chi connectivity index (χ4v) is 2.60. The molecule has 0 radical (unpaired) electrons. The maximum atomic E-state index is 10.7. The van der Waals surface area contributed by atoms with E-state index in [0.717, 1.165) is 0 Å². The summed E-state index contributed by atoms with van der Waals surface area (Å²) in [6.07, 6.45) is 0.657. The Balaban J connectivity index is -0.000000853. The molecule has 0 aliphatic carbocycles. The molecule has 2 N–H and O–H groups in total. The van der Waals surface area contributed by atoms with Gasteiger partial charge in [-0.3, -0.25) is 9.11 Å². The largest absolute Gasteiger partial charge is 2.00 e. The van der Waals surface area contributed by atoms with Gasteiger partial charge >= 0.3 is 43.3 Å². The third kappa shape index (κ3) is 5.15. The topological polar surface area (TPSA) is 109 Å². The molecule has 0 saturated carbocycles. The van der Waals surface area contributed by atoms with E-state index >= 15 is 0 Å². The molecule has 1 rings (SSSR count). The molecule has 0 spiro atoms. The minimum Gasteiger partial charge on any atom is -1.00 e. The first-order valence-corrected chi connectivity index (χ1v) is 6.81. The number of hydrogen-bond acceptors (Lipinski definition) is 4. The van der Waals surface area contributed by atoms with Gasteiger partial charge in [-0.25, -0.2) is 0 Å². The minimum atomic E-state index is -5.00. The first kappa shape index (κ1) is 16.5. The number of hydrogen-bond donors (Lipinski definition) is 2. The van der Waals surface area contributed by atoms with E-state index in [-0.39, 0.29) is 31.5 Å². The zero-order chi connectivity index (χ0) is 12.4. The third-order valence-electron chi connectivity index (χ3n) is 1.59. The first-order valence-electron chi connectivity index (χ1n) is 3.93. The standard InChI is InChI=1S/C8H8O6S2.Mg.2H/c9-15(10,11)8(16(12,13)14)6-7-4-2-1-3-5-7;;;/h1-6H,(H,9,10,11)(H,12,13,14);;;/q;+2;2*-1. The molecule has 0 aliphatic rings. The van der Waals surface area contributed by atoms with Gasteiger partial charge in [-0.2, -0.15) is 16.8 Å². The molecule has 92 valence electrons. The predicted octanol–water partition coefficient (Wildman–Crippen LogP) is 0.605. The van der Waals surface area contributed by atoms with Gasteiger partial charge in [0, 0.05) is 0 Å². The quantitative estimate of drug-likeness (QED) is 0.623. The van der Waals surface area contributed by atoms with E-state index in [2.05, 4.69) is 0 Å². The third-order valence-corrected chi connectivity index (χ3v) is 4.11. The summed E-state index contributed by atoms with van der Waals surface area (Å²) in [5.74, 6) is 0. The Kier molecular flexibility index (Phi) is 5.77. The van der Waals surface area contributed by atoms with E-state index in [0.29, 0.717) is 6.08 Å². The summed E-state index contributed by atoms with van der Waals surface area (Å²) in [7, 11) is -10.00. The Morgan fingerprint density at radius 1 is 1.00 bits per heavy atom. The van der Waals surface area contributed by atoms with Crippen LogP contribution in [-0.2, 0) is 20.2 Å². The number of rotatable bonds is 3. The zero-order valence-electron chi connectivity index (χ0n) is 10.5. The molecule has 0 fully saturated rings. The molecule has 6 nitrogen and oxygen atoms in total. The maximum absolute atomic E-state index is 10.7. The van der Waals surface area contributed by atoms with Crippen LogP contribution < -0.4 is 0 Å². The number of benzene rings is 1. The van der Waals surface area contributed by atoms with Crippen LogP contribution in [0.25, 0.3) is 6.08 Å². The Bertz CT molecular complexity index is 578. The molecule has 17 heavy (non-hydrogen) atoms. The van der Waals surface area contributed by atoms with E-state index in [4.69, 9.17) is 9.11 Å². The molecular weight excluding hydrogens is 281 g/mol. The molecule has 0 bridgehead atoms. The molecule has 0 amide bonds. The van der Waals surface area contributed by atoms with Crippen molar-refractivity contribution in [2.75, 3.05) is 0 Å². The zero-order valence-corrected chi connectivity index (χ0v) is 11.6. The predicted molar refractivity (Wildman–Crippen MR) is 65.5 cm³/mol. The van der Waals surface area contributed by atoms with Gasteiger partial charge in [0.15, 0.2) is 0 Å². The average Bonchev–Trinajstić information content (AvgIpc) is 2.12. The molecule has 1 aromatic rings. The molecular formula is C8H10MgO6S2. The van der Waals surface area contributed by atoms with Crippen LogP contribution in [0.3, 0.4) is 0 Å². The van der Waals surface area contributed by atoms with Crippen molar-refractivity contribution in [3.05, 3.63) is 40.1 Å². The minimum absolute atomic E-state index is 0. The van der Waals surface area contributed by atoms with E-state index in [1.54, 1.807) is 6.07 Å². The van der Waals surface area contributed by atoms with Crippen LogP contribution in [0.5, 0.6) is 0 Å². The fraction of sp³-hybridized carbons (Fsp3) is 0. The maximum Gasteiger partial charge on any atom is 2.00 e. The Morgan fingerprint density at radius 3 is 1.76 bits per heavy atom. The average molecular weight is 291 g/mol. The molecule has 0 atom stereocenters. The van der Waals surface area contributed by atoms with Gasteiger partial charge in [-0.15, -0.1) is 0 Å². The molecule has 0 saturated heterocycles. The van der Waals surface area contributed by atoms with E-state index < -0.39 is 24.5 Å². The van der Waals surface area contributed by atoms with Crippen LogP contribution in [0.15, 0.2) is 34.6 Å². The normalized spacial score (nSPS) is 11.4. The van der Waals surface area contributed by atoms with Crippen molar-refractivity contribution in [1.82, 2.24) is 0 Å². The molecule has 0 heterocycles. The van der Waals surface area contributed by atoms with Crippen molar-refractivity contribution in [2.45, 2.75) is 0 Å². The fourth-order valence-electron chi connectivity index (χ4n) is 0.967. The van der Waals surface area contributed by atoms with Crippen LogP contribution >= 0.6 is 0 Å². The summed E-state index contributed by atoms with van der Waals surface area (Å²) in [6.45, 7) is 0. The second kappa shape index (κ2) is 5.93. The van der Waals surface area contributed by atoms with Crippen LogP contribution in [0, 0.1) is 0 Å². The Morgan fingerprint density at radius 2 is 1.41 bits per heavy atom. The summed E-state index contributed by atoms with van der Waals surface area (Å²) in [5, 5.41) is 0. The SMILES string of the molecule is O=S(=O)(O)C(=Cc1ccccc1)S(=O)(=O)O.[H-].[H-].[Mg+2]. The Hall–Kier alpha value is -0.454. The molecule has 0 aromatic heterocycles. The summed E-state index contributed by atoms with van der Waals surface area (Å²) < 4.78 is 58.7. The molecule has 9 heteroatoms. The van der Waals surface area contributed by atoms with Gasteiger partial charge in [-0.05, 0) is 11.6 Å². The van der Waals surface area contributed by atoms with Crippen LogP contribution in [0.4, 0.5) is 0 Å². The molecule has 1 aromatic carbocycles. The van der Waals surface area contributed by atoms with Crippen molar-refractivity contribution in [2.24, 2.45) is 0 Å². The van der Waals surface area contributed by atoms with Gasteiger partial charge in [0.05, 0.1) is 0 Å². The first-order chi connectivity index (χ1) is 7.21. The summed E-state index contributed by atoms with van der Waals surface area (Å²) >= 11 is 0. The van der Waals surface area contributed by atoms with Gasteiger partial charge < -0.3 is 2.85 Å². The van der Waals surface area contributed by atoms with Gasteiger partial charge in [0.2, 0.25) is 4.24 Å². The summed E-state index contributed by atoms with van der Waals surface area (Å²) in [5.41, 5.74) is 0.216. The van der Waals surface area contributed by atoms with Crippen molar-refractivity contribution in [1.29, 1.82) is 0 Å². The smallest absolute Gasteiger partial charge is 1.00 e. The summed E-state index contributed by atoms with van der Waals surface area (Å²) in [4.78, 5) is 0. The van der Waals surface area contributed by atoms with Crippen LogP contribution in [0.2, 0.25) is 0 Å². The van der Waals surface area contributed by atoms with Crippen molar-refractivity contribution in [3.63, 3.8) is 0 Å². The van der Waals surface area contributed by atoms with E-state index in [1.165, 1.54) is 24.3 Å².